The second-order valence-electron chi connectivity index (χ2n) is 7.70. The molecular weight excluding hydrogens is 386 g/mol. The number of hydrogen-bond donors (Lipinski definition) is 1. The molecule has 0 saturated carbocycles. The lowest BCUT2D eigenvalue weighted by atomic mass is 10.1. The molecule has 29 heavy (non-hydrogen) atoms. The van der Waals surface area contributed by atoms with E-state index in [1.807, 2.05) is 60.7 Å². The van der Waals surface area contributed by atoms with Gasteiger partial charge in [0.1, 0.15) is 0 Å². The summed E-state index contributed by atoms with van der Waals surface area (Å²) in [4.78, 5) is 6.89. The summed E-state index contributed by atoms with van der Waals surface area (Å²) in [6.45, 7) is 0.881. The molecule has 3 aromatic rings. The van der Waals surface area contributed by atoms with Gasteiger partial charge in [0.05, 0.1) is 23.1 Å². The molecule has 7 heteroatoms. The summed E-state index contributed by atoms with van der Waals surface area (Å²) in [6.07, 6.45) is -0.697. The van der Waals surface area contributed by atoms with Gasteiger partial charge in [-0.3, -0.25) is 0 Å². The number of anilines is 1. The van der Waals surface area contributed by atoms with Crippen molar-refractivity contribution in [3.8, 4) is 11.3 Å². The zero-order valence-corrected chi connectivity index (χ0v) is 17.4. The molecule has 0 radical (unpaired) electrons. The largest absolute Gasteiger partial charge is 0.391 e. The average Bonchev–Trinajstić information content (AvgIpc) is 3.07. The number of aliphatic hydroxyl groups is 1. The Morgan fingerprint density at radius 3 is 2.48 bits per heavy atom. The number of rotatable bonds is 5. The van der Waals surface area contributed by atoms with Crippen LogP contribution in [0.5, 0.6) is 0 Å². The highest BCUT2D eigenvalue weighted by atomic mass is 32.2. The van der Waals surface area contributed by atoms with Crippen molar-refractivity contribution in [3.63, 3.8) is 0 Å². The molecule has 2 atom stereocenters. The van der Waals surface area contributed by atoms with Gasteiger partial charge in [0.2, 0.25) is 10.0 Å². The predicted molar refractivity (Wildman–Crippen MR) is 116 cm³/mol. The topological polar surface area (TPSA) is 73.7 Å². The van der Waals surface area contributed by atoms with Crippen molar-refractivity contribution in [3.05, 3.63) is 60.7 Å². The first-order chi connectivity index (χ1) is 13.8. The van der Waals surface area contributed by atoms with Gasteiger partial charge in [-0.2, -0.15) is 0 Å². The van der Waals surface area contributed by atoms with E-state index in [1.54, 1.807) is 0 Å². The van der Waals surface area contributed by atoms with E-state index in [0.29, 0.717) is 13.1 Å². The fourth-order valence-electron chi connectivity index (χ4n) is 3.81. The zero-order valence-electron chi connectivity index (χ0n) is 16.6. The lowest BCUT2D eigenvalue weighted by Crippen LogP contribution is -2.33. The normalized spacial score (nSPS) is 19.9. The van der Waals surface area contributed by atoms with Crippen LogP contribution in [0.4, 0.5) is 5.69 Å². The summed E-state index contributed by atoms with van der Waals surface area (Å²) in [5.41, 5.74) is 3.73. The van der Waals surface area contributed by atoms with Crippen LogP contribution in [-0.4, -0.2) is 61.9 Å². The lowest BCUT2D eigenvalue weighted by molar-refractivity contribution is 0.157. The molecule has 1 aromatic heterocycles. The van der Waals surface area contributed by atoms with Crippen LogP contribution >= 0.6 is 0 Å². The van der Waals surface area contributed by atoms with Crippen LogP contribution in [-0.2, 0) is 10.0 Å². The van der Waals surface area contributed by atoms with Gasteiger partial charge in [0.25, 0.3) is 0 Å². The van der Waals surface area contributed by atoms with Crippen LogP contribution in [0.1, 0.15) is 0 Å². The quantitative estimate of drug-likeness (QED) is 0.699. The zero-order chi connectivity index (χ0) is 20.6. The Hall–Kier alpha value is -2.48. The minimum Gasteiger partial charge on any atom is -0.391 e. The molecule has 0 spiro atoms. The maximum absolute atomic E-state index is 12.3. The monoisotopic (exact) mass is 411 g/mol. The maximum atomic E-state index is 12.3. The number of benzene rings is 2. The minimum atomic E-state index is -3.38. The smallest absolute Gasteiger partial charge is 0.214 e. The second kappa shape index (κ2) is 7.74. The van der Waals surface area contributed by atoms with Gasteiger partial charge in [-0.15, -0.1) is 0 Å². The molecule has 6 nitrogen and oxygen atoms in total. The molecule has 0 aliphatic carbocycles. The molecule has 0 unspecified atom stereocenters. The van der Waals surface area contributed by atoms with E-state index in [1.165, 1.54) is 18.4 Å². The van der Waals surface area contributed by atoms with Crippen LogP contribution in [0.3, 0.4) is 0 Å². The molecule has 2 heterocycles. The first kappa shape index (κ1) is 19.8. The summed E-state index contributed by atoms with van der Waals surface area (Å²) in [5.74, 6) is -0.402. The summed E-state index contributed by atoms with van der Waals surface area (Å²) in [7, 11) is -0.330. The van der Waals surface area contributed by atoms with Gasteiger partial charge in [-0.1, -0.05) is 48.5 Å². The summed E-state index contributed by atoms with van der Waals surface area (Å²) in [6, 6.07) is 19.9. The first-order valence-electron chi connectivity index (χ1n) is 9.63. The van der Waals surface area contributed by atoms with Crippen LogP contribution < -0.4 is 4.90 Å². The Bertz CT molecular complexity index is 1120. The van der Waals surface area contributed by atoms with Crippen LogP contribution in [0.25, 0.3) is 22.2 Å². The minimum absolute atomic E-state index is 0.0633. The Balaban J connectivity index is 1.72. The molecule has 0 amide bonds. The van der Waals surface area contributed by atoms with Gasteiger partial charge in [-0.25, -0.2) is 17.7 Å². The third-order valence-electron chi connectivity index (χ3n) is 5.49. The van der Waals surface area contributed by atoms with Crippen LogP contribution in [0.2, 0.25) is 0 Å². The Labute approximate surface area is 171 Å². The molecule has 152 valence electrons. The Morgan fingerprint density at radius 1 is 1.07 bits per heavy atom. The van der Waals surface area contributed by atoms with Gasteiger partial charge in [-0.05, 0) is 12.1 Å². The number of para-hydroxylation sites is 1. The third-order valence-corrected chi connectivity index (χ3v) is 7.45. The standard InChI is InChI=1S/C22H25N3O3S/c1-24(2)29(27,28)15-17-13-25(14-22(17)26)21-12-20(16-8-4-3-5-9-16)23-19-11-7-6-10-18(19)21/h3-12,17,22,26H,13-15H2,1-2H3/t17-,22+/m0/s1. The van der Waals surface area contributed by atoms with Crippen molar-refractivity contribution in [1.29, 1.82) is 0 Å². The van der Waals surface area contributed by atoms with E-state index in [0.717, 1.165) is 27.8 Å². The molecule has 0 bridgehead atoms. The fourth-order valence-corrected chi connectivity index (χ4v) is 4.98. The van der Waals surface area contributed by atoms with Crippen molar-refractivity contribution >= 4 is 26.6 Å². The highest BCUT2D eigenvalue weighted by Gasteiger charge is 2.36. The number of aromatic nitrogens is 1. The van der Waals surface area contributed by atoms with E-state index >= 15 is 0 Å². The number of aliphatic hydroxyl groups excluding tert-OH is 1. The van der Waals surface area contributed by atoms with Crippen molar-refractivity contribution in [2.24, 2.45) is 5.92 Å². The van der Waals surface area contributed by atoms with E-state index in [9.17, 15) is 13.5 Å². The fraction of sp³-hybridized carbons (Fsp3) is 0.318. The number of β-amino-alcohol motifs (C(OH)–C–C–N with tert-alkyl or cyclic N) is 1. The van der Waals surface area contributed by atoms with E-state index < -0.39 is 16.1 Å². The highest BCUT2D eigenvalue weighted by Crippen LogP contribution is 2.34. The number of sulfonamides is 1. The van der Waals surface area contributed by atoms with E-state index in [-0.39, 0.29) is 11.7 Å². The van der Waals surface area contributed by atoms with Gasteiger partial charge in [0, 0.05) is 49.7 Å². The third kappa shape index (κ3) is 3.99. The number of hydrogen-bond acceptors (Lipinski definition) is 5. The van der Waals surface area contributed by atoms with E-state index in [4.69, 9.17) is 4.98 Å². The van der Waals surface area contributed by atoms with Crippen molar-refractivity contribution in [2.45, 2.75) is 6.10 Å². The van der Waals surface area contributed by atoms with Crippen molar-refractivity contribution in [1.82, 2.24) is 9.29 Å². The molecule has 1 aliphatic rings. The molecule has 1 aliphatic heterocycles. The average molecular weight is 412 g/mol. The summed E-state index contributed by atoms with van der Waals surface area (Å²) >= 11 is 0. The molecule has 1 N–H and O–H groups in total. The highest BCUT2D eigenvalue weighted by molar-refractivity contribution is 7.89. The van der Waals surface area contributed by atoms with Gasteiger partial charge in [0.15, 0.2) is 0 Å². The number of pyridine rings is 1. The predicted octanol–water partition coefficient (Wildman–Crippen LogP) is 2.59. The van der Waals surface area contributed by atoms with Crippen molar-refractivity contribution < 1.29 is 13.5 Å². The van der Waals surface area contributed by atoms with Crippen LogP contribution in [0.15, 0.2) is 60.7 Å². The Kier molecular flexibility index (Phi) is 5.29. The first-order valence-corrected chi connectivity index (χ1v) is 11.2. The molecular formula is C22H25N3O3S. The molecule has 4 rings (SSSR count). The maximum Gasteiger partial charge on any atom is 0.214 e. The SMILES string of the molecule is CN(C)S(=O)(=O)C[C@@H]1CN(c2cc(-c3ccccc3)nc3ccccc23)C[C@H]1O. The van der Waals surface area contributed by atoms with Crippen LogP contribution in [0, 0.1) is 5.92 Å². The molecule has 2 aromatic carbocycles. The summed E-state index contributed by atoms with van der Waals surface area (Å²) in [5, 5.41) is 11.6. The number of fused-ring (bicyclic) bond motifs is 1. The van der Waals surface area contributed by atoms with Gasteiger partial charge < -0.3 is 10.0 Å². The lowest BCUT2D eigenvalue weighted by Gasteiger charge is -2.22. The van der Waals surface area contributed by atoms with Gasteiger partial charge >= 0.3 is 0 Å². The molecule has 1 fully saturated rings. The molecule has 1 saturated heterocycles. The van der Waals surface area contributed by atoms with Crippen molar-refractivity contribution in [2.75, 3.05) is 37.8 Å². The van der Waals surface area contributed by atoms with E-state index in [2.05, 4.69) is 4.90 Å². The summed E-state index contributed by atoms with van der Waals surface area (Å²) < 4.78 is 25.8. The number of nitrogens with zero attached hydrogens (tertiary/aromatic N) is 3. The second-order valence-corrected chi connectivity index (χ2v) is 9.93. The Morgan fingerprint density at radius 2 is 1.76 bits per heavy atom.